The van der Waals surface area contributed by atoms with E-state index < -0.39 is 0 Å². The van der Waals surface area contributed by atoms with Crippen molar-refractivity contribution in [3.8, 4) is 0 Å². The summed E-state index contributed by atoms with van der Waals surface area (Å²) in [5.74, 6) is 0. The molecule has 0 saturated carbocycles. The molecule has 0 unspecified atom stereocenters. The third-order valence-electron chi connectivity index (χ3n) is 2.26. The fourth-order valence-corrected chi connectivity index (χ4v) is 1.48. The van der Waals surface area contributed by atoms with E-state index in [2.05, 4.69) is 24.0 Å². The Hall–Kier alpha value is -1.41. The lowest BCUT2D eigenvalue weighted by Gasteiger charge is -2.03. The first-order valence-corrected chi connectivity index (χ1v) is 4.34. The molecule has 0 spiro atoms. The Morgan fingerprint density at radius 1 is 1.31 bits per heavy atom. The van der Waals surface area contributed by atoms with Gasteiger partial charge in [-0.3, -0.25) is 4.98 Å². The summed E-state index contributed by atoms with van der Waals surface area (Å²) in [6, 6.07) is 6.24. The Morgan fingerprint density at radius 2 is 2.15 bits per heavy atom. The second kappa shape index (κ2) is 3.15. The highest BCUT2D eigenvalue weighted by Crippen LogP contribution is 2.17. The summed E-state index contributed by atoms with van der Waals surface area (Å²) < 4.78 is 0. The smallest absolute Gasteiger partial charge is 0.0346 e. The molecule has 0 aliphatic carbocycles. The van der Waals surface area contributed by atoms with Crippen LogP contribution >= 0.6 is 0 Å². The highest BCUT2D eigenvalue weighted by atomic mass is 14.6. The number of rotatable bonds is 1. The van der Waals surface area contributed by atoms with Crippen LogP contribution in [0, 0.1) is 6.92 Å². The second-order valence-electron chi connectivity index (χ2n) is 3.22. The molecular formula is C11H12N2. The number of aromatic nitrogens is 1. The van der Waals surface area contributed by atoms with Crippen LogP contribution in [0.5, 0.6) is 0 Å². The molecule has 2 rings (SSSR count). The van der Waals surface area contributed by atoms with E-state index in [1.54, 1.807) is 0 Å². The zero-order valence-corrected chi connectivity index (χ0v) is 7.62. The van der Waals surface area contributed by atoms with Crippen LogP contribution in [0.4, 0.5) is 0 Å². The number of nitrogens with two attached hydrogens (primary N) is 1. The Morgan fingerprint density at radius 3 is 2.92 bits per heavy atom. The molecule has 1 heterocycles. The van der Waals surface area contributed by atoms with E-state index in [1.165, 1.54) is 21.9 Å². The molecule has 1 aromatic heterocycles. The first kappa shape index (κ1) is 8.20. The first-order valence-electron chi connectivity index (χ1n) is 4.34. The van der Waals surface area contributed by atoms with Gasteiger partial charge < -0.3 is 5.73 Å². The zero-order chi connectivity index (χ0) is 9.26. The molecule has 2 nitrogen and oxygen atoms in total. The number of nitrogens with zero attached hydrogens (tertiary/aromatic N) is 1. The van der Waals surface area contributed by atoms with Crippen molar-refractivity contribution in [2.24, 2.45) is 5.73 Å². The SMILES string of the molecule is Cc1cncc2ccc(CN)cc12. The van der Waals surface area contributed by atoms with Crippen LogP contribution in [0.1, 0.15) is 11.1 Å². The standard InChI is InChI=1S/C11H12N2/c1-8-6-13-7-10-3-2-9(5-12)4-11(8)10/h2-4,6-7H,5,12H2,1H3. The summed E-state index contributed by atoms with van der Waals surface area (Å²) in [5, 5.41) is 2.43. The minimum atomic E-state index is 0.595. The molecule has 2 heteroatoms. The predicted octanol–water partition coefficient (Wildman–Crippen LogP) is 2.00. The van der Waals surface area contributed by atoms with E-state index in [-0.39, 0.29) is 0 Å². The number of hydrogen-bond donors (Lipinski definition) is 1. The molecule has 0 bridgehead atoms. The largest absolute Gasteiger partial charge is 0.326 e. The maximum atomic E-state index is 5.58. The fraction of sp³-hybridized carbons (Fsp3) is 0.182. The van der Waals surface area contributed by atoms with Crippen LogP contribution in [0.3, 0.4) is 0 Å². The molecule has 0 radical (unpaired) electrons. The van der Waals surface area contributed by atoms with Gasteiger partial charge in [0.2, 0.25) is 0 Å². The molecule has 0 aliphatic rings. The molecular weight excluding hydrogens is 160 g/mol. The molecule has 0 atom stereocenters. The molecule has 13 heavy (non-hydrogen) atoms. The van der Waals surface area contributed by atoms with E-state index in [9.17, 15) is 0 Å². The summed E-state index contributed by atoms with van der Waals surface area (Å²) in [7, 11) is 0. The Kier molecular flexibility index (Phi) is 1.99. The van der Waals surface area contributed by atoms with Gasteiger partial charge in [0, 0.05) is 24.3 Å². The fourth-order valence-electron chi connectivity index (χ4n) is 1.48. The number of aryl methyl sites for hydroxylation is 1. The van der Waals surface area contributed by atoms with Crippen LogP contribution in [0.2, 0.25) is 0 Å². The quantitative estimate of drug-likeness (QED) is 0.714. The normalized spacial score (nSPS) is 10.6. The molecule has 66 valence electrons. The minimum absolute atomic E-state index is 0.595. The molecule has 0 fully saturated rings. The summed E-state index contributed by atoms with van der Waals surface area (Å²) >= 11 is 0. The van der Waals surface area contributed by atoms with Gasteiger partial charge >= 0.3 is 0 Å². The van der Waals surface area contributed by atoms with Gasteiger partial charge in [-0.2, -0.15) is 0 Å². The molecule has 2 N–H and O–H groups in total. The minimum Gasteiger partial charge on any atom is -0.326 e. The van der Waals surface area contributed by atoms with E-state index in [1.807, 2.05) is 18.5 Å². The van der Waals surface area contributed by atoms with Gasteiger partial charge in [-0.1, -0.05) is 12.1 Å². The Balaban J connectivity index is 2.74. The van der Waals surface area contributed by atoms with E-state index >= 15 is 0 Å². The topological polar surface area (TPSA) is 38.9 Å². The molecule has 0 amide bonds. The van der Waals surface area contributed by atoms with Crippen LogP contribution in [-0.2, 0) is 6.54 Å². The van der Waals surface area contributed by atoms with Gasteiger partial charge in [0.1, 0.15) is 0 Å². The van der Waals surface area contributed by atoms with Crippen LogP contribution in [-0.4, -0.2) is 4.98 Å². The van der Waals surface area contributed by atoms with E-state index in [4.69, 9.17) is 5.73 Å². The maximum absolute atomic E-state index is 5.58. The highest BCUT2D eigenvalue weighted by Gasteiger charge is 1.97. The molecule has 0 saturated heterocycles. The van der Waals surface area contributed by atoms with Crippen molar-refractivity contribution in [1.82, 2.24) is 4.98 Å². The van der Waals surface area contributed by atoms with Gasteiger partial charge in [0.05, 0.1) is 0 Å². The number of fused-ring (bicyclic) bond motifs is 1. The molecule has 2 aromatic rings. The summed E-state index contributed by atoms with van der Waals surface area (Å²) in [6.07, 6.45) is 3.76. The third-order valence-corrected chi connectivity index (χ3v) is 2.26. The Bertz CT molecular complexity index is 435. The van der Waals surface area contributed by atoms with Gasteiger partial charge in [-0.05, 0) is 29.5 Å². The molecule has 0 aliphatic heterocycles. The van der Waals surface area contributed by atoms with Gasteiger partial charge in [-0.25, -0.2) is 0 Å². The average Bonchev–Trinajstić information content (AvgIpc) is 2.18. The second-order valence-corrected chi connectivity index (χ2v) is 3.22. The van der Waals surface area contributed by atoms with Crippen molar-refractivity contribution < 1.29 is 0 Å². The van der Waals surface area contributed by atoms with Gasteiger partial charge in [0.15, 0.2) is 0 Å². The van der Waals surface area contributed by atoms with Crippen molar-refractivity contribution in [3.05, 3.63) is 41.7 Å². The summed E-state index contributed by atoms with van der Waals surface area (Å²) in [6.45, 7) is 2.66. The highest BCUT2D eigenvalue weighted by molar-refractivity contribution is 5.85. The van der Waals surface area contributed by atoms with Gasteiger partial charge in [-0.15, -0.1) is 0 Å². The average molecular weight is 172 g/mol. The van der Waals surface area contributed by atoms with E-state index in [0.717, 1.165) is 0 Å². The molecule has 1 aromatic carbocycles. The number of hydrogen-bond acceptors (Lipinski definition) is 2. The van der Waals surface area contributed by atoms with Gasteiger partial charge in [0.25, 0.3) is 0 Å². The number of benzene rings is 1. The van der Waals surface area contributed by atoms with Crippen LogP contribution in [0.25, 0.3) is 10.8 Å². The summed E-state index contributed by atoms with van der Waals surface area (Å²) in [4.78, 5) is 4.14. The lowest BCUT2D eigenvalue weighted by molar-refractivity contribution is 1.07. The van der Waals surface area contributed by atoms with Crippen molar-refractivity contribution in [3.63, 3.8) is 0 Å². The van der Waals surface area contributed by atoms with E-state index in [0.29, 0.717) is 6.54 Å². The van der Waals surface area contributed by atoms with Crippen molar-refractivity contribution in [1.29, 1.82) is 0 Å². The third kappa shape index (κ3) is 1.40. The zero-order valence-electron chi connectivity index (χ0n) is 7.62. The van der Waals surface area contributed by atoms with Crippen molar-refractivity contribution in [2.75, 3.05) is 0 Å². The lowest BCUT2D eigenvalue weighted by Crippen LogP contribution is -1.95. The maximum Gasteiger partial charge on any atom is 0.0346 e. The first-order chi connectivity index (χ1) is 6.31. The van der Waals surface area contributed by atoms with Crippen LogP contribution in [0.15, 0.2) is 30.6 Å². The number of pyridine rings is 1. The monoisotopic (exact) mass is 172 g/mol. The predicted molar refractivity (Wildman–Crippen MR) is 54.4 cm³/mol. The van der Waals surface area contributed by atoms with Crippen molar-refractivity contribution in [2.45, 2.75) is 13.5 Å². The van der Waals surface area contributed by atoms with Crippen molar-refractivity contribution >= 4 is 10.8 Å². The lowest BCUT2D eigenvalue weighted by atomic mass is 10.1. The Labute approximate surface area is 77.4 Å². The summed E-state index contributed by atoms with van der Waals surface area (Å²) in [5.41, 5.74) is 7.95. The van der Waals surface area contributed by atoms with Crippen LogP contribution < -0.4 is 5.73 Å².